The zero-order valence-corrected chi connectivity index (χ0v) is 20.0. The quantitative estimate of drug-likeness (QED) is 0.507. The van der Waals surface area contributed by atoms with E-state index in [0.717, 1.165) is 55.4 Å². The third-order valence-electron chi connectivity index (χ3n) is 6.91. The van der Waals surface area contributed by atoms with Crippen LogP contribution in [-0.4, -0.2) is 40.8 Å². The Hall–Kier alpha value is -2.82. The fraction of sp³-hybridized carbons (Fsp3) is 0.500. The van der Waals surface area contributed by atoms with E-state index in [-0.39, 0.29) is 24.4 Å². The highest BCUT2D eigenvalue weighted by Gasteiger charge is 2.42. The molecule has 0 N–H and O–H groups in total. The lowest BCUT2D eigenvalue weighted by molar-refractivity contribution is -0.160. The Bertz CT molecular complexity index is 933. The highest BCUT2D eigenvalue weighted by Crippen LogP contribution is 2.34. The van der Waals surface area contributed by atoms with Crippen molar-refractivity contribution in [3.05, 3.63) is 65.2 Å². The normalized spacial score (nSPS) is 19.8. The number of nitrogens with zero attached hydrogens (tertiary/aromatic N) is 2. The maximum absolute atomic E-state index is 13.8. The molecule has 2 fully saturated rings. The summed E-state index contributed by atoms with van der Waals surface area (Å²) in [5.41, 5.74) is 3.07. The molecule has 0 aromatic heterocycles. The van der Waals surface area contributed by atoms with Crippen molar-refractivity contribution in [3.63, 3.8) is 0 Å². The van der Waals surface area contributed by atoms with Crippen LogP contribution >= 0.6 is 0 Å². The van der Waals surface area contributed by atoms with E-state index >= 15 is 0 Å². The van der Waals surface area contributed by atoms with Gasteiger partial charge in [-0.25, -0.2) is 0 Å². The standard InChI is InChI=1S/C28H36N2O3/c1-3-4-18-33-25-16-14-23(15-17-25)27-28(32)29(24-8-6-5-7-9-24)20-26(31)30(27)19-22-12-10-21(2)11-13-22/h10-17,24,27H,3-9,18-20H2,1-2H3/t27-/m1/s1. The van der Waals surface area contributed by atoms with Crippen LogP contribution in [0.3, 0.4) is 0 Å². The number of benzene rings is 2. The number of aryl methyl sites for hydroxylation is 1. The summed E-state index contributed by atoms with van der Waals surface area (Å²) in [5.74, 6) is 0.873. The Kier molecular flexibility index (Phi) is 7.69. The van der Waals surface area contributed by atoms with Crippen LogP contribution in [0.15, 0.2) is 48.5 Å². The molecule has 2 aliphatic rings. The lowest BCUT2D eigenvalue weighted by Gasteiger charge is -2.44. The van der Waals surface area contributed by atoms with Crippen molar-refractivity contribution in [2.24, 2.45) is 0 Å². The molecule has 0 unspecified atom stereocenters. The summed E-state index contributed by atoms with van der Waals surface area (Å²) in [7, 11) is 0. The molecule has 2 aromatic carbocycles. The first-order valence-electron chi connectivity index (χ1n) is 12.4. The average molecular weight is 449 g/mol. The summed E-state index contributed by atoms with van der Waals surface area (Å²) < 4.78 is 5.81. The number of rotatable bonds is 8. The topological polar surface area (TPSA) is 49.9 Å². The van der Waals surface area contributed by atoms with Gasteiger partial charge in [0.15, 0.2) is 0 Å². The second kappa shape index (κ2) is 10.9. The Morgan fingerprint density at radius 2 is 1.64 bits per heavy atom. The third-order valence-corrected chi connectivity index (χ3v) is 6.91. The van der Waals surface area contributed by atoms with E-state index in [2.05, 4.69) is 19.1 Å². The maximum Gasteiger partial charge on any atom is 0.250 e. The molecule has 5 nitrogen and oxygen atoms in total. The van der Waals surface area contributed by atoms with Crippen LogP contribution in [0.2, 0.25) is 0 Å². The van der Waals surface area contributed by atoms with Gasteiger partial charge in [-0.1, -0.05) is 74.6 Å². The molecule has 176 valence electrons. The number of hydrogen-bond donors (Lipinski definition) is 0. The molecule has 5 heteroatoms. The largest absolute Gasteiger partial charge is 0.494 e. The van der Waals surface area contributed by atoms with Gasteiger partial charge in [0.05, 0.1) is 6.61 Å². The predicted molar refractivity (Wildman–Crippen MR) is 130 cm³/mol. The summed E-state index contributed by atoms with van der Waals surface area (Å²) >= 11 is 0. The van der Waals surface area contributed by atoms with Gasteiger partial charge in [-0.3, -0.25) is 9.59 Å². The average Bonchev–Trinajstić information content (AvgIpc) is 2.84. The molecule has 0 spiro atoms. The maximum atomic E-state index is 13.8. The van der Waals surface area contributed by atoms with Gasteiger partial charge in [0, 0.05) is 12.6 Å². The molecule has 0 radical (unpaired) electrons. The lowest BCUT2D eigenvalue weighted by Crippen LogP contribution is -2.58. The van der Waals surface area contributed by atoms with Crippen molar-refractivity contribution in [1.82, 2.24) is 9.80 Å². The van der Waals surface area contributed by atoms with Gasteiger partial charge in [0.25, 0.3) is 5.91 Å². The second-order valence-electron chi connectivity index (χ2n) is 9.44. The molecule has 1 aliphatic heterocycles. The van der Waals surface area contributed by atoms with Gasteiger partial charge in [-0.15, -0.1) is 0 Å². The predicted octanol–water partition coefficient (Wildman–Crippen LogP) is 5.42. The molecular weight excluding hydrogens is 412 g/mol. The molecule has 1 atom stereocenters. The summed E-state index contributed by atoms with van der Waals surface area (Å²) in [6, 6.07) is 15.5. The zero-order chi connectivity index (χ0) is 23.2. The van der Waals surface area contributed by atoms with Crippen LogP contribution in [0.25, 0.3) is 0 Å². The van der Waals surface area contributed by atoms with Gasteiger partial charge in [0.2, 0.25) is 5.91 Å². The van der Waals surface area contributed by atoms with E-state index in [1.54, 1.807) is 4.90 Å². The second-order valence-corrected chi connectivity index (χ2v) is 9.44. The molecule has 1 aliphatic carbocycles. The van der Waals surface area contributed by atoms with Crippen molar-refractivity contribution < 1.29 is 14.3 Å². The zero-order valence-electron chi connectivity index (χ0n) is 20.0. The van der Waals surface area contributed by atoms with Crippen LogP contribution in [-0.2, 0) is 16.1 Å². The van der Waals surface area contributed by atoms with Crippen molar-refractivity contribution in [3.8, 4) is 5.75 Å². The monoisotopic (exact) mass is 448 g/mol. The van der Waals surface area contributed by atoms with E-state index in [4.69, 9.17) is 4.74 Å². The van der Waals surface area contributed by atoms with E-state index < -0.39 is 6.04 Å². The van der Waals surface area contributed by atoms with Gasteiger partial charge in [-0.05, 0) is 49.4 Å². The molecule has 33 heavy (non-hydrogen) atoms. The summed E-state index contributed by atoms with van der Waals surface area (Å²) in [6.45, 7) is 5.49. The number of unbranched alkanes of at least 4 members (excludes halogenated alkanes) is 1. The van der Waals surface area contributed by atoms with Crippen molar-refractivity contribution in [2.75, 3.05) is 13.2 Å². The Morgan fingerprint density at radius 1 is 0.939 bits per heavy atom. The number of ether oxygens (including phenoxy) is 1. The lowest BCUT2D eigenvalue weighted by atomic mass is 9.91. The molecule has 2 aromatic rings. The van der Waals surface area contributed by atoms with Crippen molar-refractivity contribution in [2.45, 2.75) is 77.4 Å². The first kappa shape index (κ1) is 23.3. The number of carbonyl (C=O) groups is 2. The Balaban J connectivity index is 1.60. The van der Waals surface area contributed by atoms with E-state index in [1.807, 2.05) is 48.2 Å². The van der Waals surface area contributed by atoms with Crippen LogP contribution < -0.4 is 4.74 Å². The molecule has 2 amide bonds. The molecule has 1 saturated heterocycles. The molecule has 0 bridgehead atoms. The minimum atomic E-state index is -0.598. The third kappa shape index (κ3) is 5.58. The van der Waals surface area contributed by atoms with E-state index in [1.165, 1.54) is 12.0 Å². The molecule has 1 saturated carbocycles. The summed E-state index contributed by atoms with van der Waals surface area (Å²) in [5, 5.41) is 0. The van der Waals surface area contributed by atoms with Crippen LogP contribution in [0, 0.1) is 6.92 Å². The number of carbonyl (C=O) groups excluding carboxylic acids is 2. The first-order valence-corrected chi connectivity index (χ1v) is 12.4. The number of hydrogen-bond acceptors (Lipinski definition) is 3. The SMILES string of the molecule is CCCCOc1ccc([C@@H]2C(=O)N(C3CCCCC3)CC(=O)N2Cc2ccc(C)cc2)cc1. The highest BCUT2D eigenvalue weighted by atomic mass is 16.5. The van der Waals surface area contributed by atoms with Crippen molar-refractivity contribution in [1.29, 1.82) is 0 Å². The smallest absolute Gasteiger partial charge is 0.250 e. The summed E-state index contributed by atoms with van der Waals surface area (Å²) in [4.78, 5) is 30.8. The summed E-state index contributed by atoms with van der Waals surface area (Å²) in [6.07, 6.45) is 7.56. The number of piperazine rings is 1. The van der Waals surface area contributed by atoms with Gasteiger partial charge >= 0.3 is 0 Å². The van der Waals surface area contributed by atoms with Crippen molar-refractivity contribution >= 4 is 11.8 Å². The van der Waals surface area contributed by atoms with Gasteiger partial charge < -0.3 is 14.5 Å². The number of amides is 2. The van der Waals surface area contributed by atoms with E-state index in [0.29, 0.717) is 13.2 Å². The van der Waals surface area contributed by atoms with Gasteiger partial charge in [-0.2, -0.15) is 0 Å². The minimum absolute atomic E-state index is 0.0222. The van der Waals surface area contributed by atoms with Gasteiger partial charge in [0.1, 0.15) is 18.3 Å². The van der Waals surface area contributed by atoms with Crippen LogP contribution in [0.1, 0.15) is 74.6 Å². The van der Waals surface area contributed by atoms with Crippen LogP contribution in [0.5, 0.6) is 5.75 Å². The van der Waals surface area contributed by atoms with E-state index in [9.17, 15) is 9.59 Å². The first-order chi connectivity index (χ1) is 16.1. The minimum Gasteiger partial charge on any atom is -0.494 e. The van der Waals surface area contributed by atoms with Crippen LogP contribution in [0.4, 0.5) is 0 Å². The molecule has 1 heterocycles. The molecule has 4 rings (SSSR count). The molecular formula is C28H36N2O3. The highest BCUT2D eigenvalue weighted by molar-refractivity contribution is 5.95. The Labute approximate surface area is 197 Å². The fourth-order valence-electron chi connectivity index (χ4n) is 4.92. The fourth-order valence-corrected chi connectivity index (χ4v) is 4.92. The Morgan fingerprint density at radius 3 is 2.30 bits per heavy atom.